The van der Waals surface area contributed by atoms with Gasteiger partial charge < -0.3 is 15.1 Å². The van der Waals surface area contributed by atoms with Crippen LogP contribution in [0.5, 0.6) is 0 Å². The summed E-state index contributed by atoms with van der Waals surface area (Å²) in [7, 11) is 0. The minimum atomic E-state index is -0.670. The summed E-state index contributed by atoms with van der Waals surface area (Å²) in [6, 6.07) is 0. The molecular weight excluding hydrogens is 278 g/mol. The van der Waals surface area contributed by atoms with Crippen molar-refractivity contribution in [3.8, 4) is 0 Å². The van der Waals surface area contributed by atoms with Gasteiger partial charge in [-0.3, -0.25) is 0 Å². The molecule has 0 aromatic rings. The molecule has 2 N–H and O–H groups in total. The van der Waals surface area contributed by atoms with E-state index in [1.54, 1.807) is 0 Å². The third-order valence-electron chi connectivity index (χ3n) is 2.93. The zero-order valence-electron chi connectivity index (χ0n) is 12.3. The highest BCUT2D eigenvalue weighted by molar-refractivity contribution is 8.22. The van der Waals surface area contributed by atoms with Crippen LogP contribution in [0.25, 0.3) is 0 Å². The zero-order chi connectivity index (χ0) is 14.5. The number of aliphatic hydroxyl groups is 2. The van der Waals surface area contributed by atoms with E-state index in [-0.39, 0.29) is 6.61 Å². The minimum Gasteiger partial charge on any atom is -0.394 e. The minimum absolute atomic E-state index is 0.193. The lowest BCUT2D eigenvalue weighted by atomic mass is 10.2. The second-order valence-electron chi connectivity index (χ2n) is 4.81. The fraction of sp³-hybridized carbons (Fsp3) is 0.929. The standard InChI is InChI=1S/C14H29NO2S2/c1-3-5-7-9-15(10-8-6-4-2)14(18)19-12-13(17)11-16/h13,16-17H,3-12H2,1-2H3. The Morgan fingerprint density at radius 3 is 2.05 bits per heavy atom. The van der Waals surface area contributed by atoms with Gasteiger partial charge in [-0.25, -0.2) is 0 Å². The molecule has 0 rings (SSSR count). The molecule has 0 heterocycles. The van der Waals surface area contributed by atoms with Crippen molar-refractivity contribution in [3.05, 3.63) is 0 Å². The van der Waals surface area contributed by atoms with Gasteiger partial charge in [0.15, 0.2) is 0 Å². The van der Waals surface area contributed by atoms with Crippen LogP contribution >= 0.6 is 24.0 Å². The number of rotatable bonds is 11. The molecular formula is C14H29NO2S2. The summed E-state index contributed by atoms with van der Waals surface area (Å²) in [6.45, 7) is 6.23. The lowest BCUT2D eigenvalue weighted by Gasteiger charge is -2.25. The molecule has 0 saturated carbocycles. The summed E-state index contributed by atoms with van der Waals surface area (Å²) >= 11 is 6.92. The van der Waals surface area contributed by atoms with Gasteiger partial charge in [-0.05, 0) is 12.8 Å². The topological polar surface area (TPSA) is 43.7 Å². The van der Waals surface area contributed by atoms with Crippen molar-refractivity contribution >= 4 is 28.3 Å². The molecule has 0 amide bonds. The van der Waals surface area contributed by atoms with Crippen LogP contribution in [-0.2, 0) is 0 Å². The van der Waals surface area contributed by atoms with Crippen LogP contribution in [0.2, 0.25) is 0 Å². The van der Waals surface area contributed by atoms with E-state index in [1.165, 1.54) is 50.3 Å². The third kappa shape index (κ3) is 10.6. The van der Waals surface area contributed by atoms with E-state index < -0.39 is 6.10 Å². The molecule has 0 aliphatic rings. The van der Waals surface area contributed by atoms with Gasteiger partial charge in [-0.2, -0.15) is 0 Å². The fourth-order valence-corrected chi connectivity index (χ4v) is 2.90. The molecule has 0 aliphatic heterocycles. The summed E-state index contributed by atoms with van der Waals surface area (Å²) in [5, 5.41) is 18.2. The second-order valence-corrected chi connectivity index (χ2v) is 6.47. The molecule has 5 heteroatoms. The molecule has 114 valence electrons. The normalized spacial score (nSPS) is 12.4. The van der Waals surface area contributed by atoms with E-state index in [1.807, 2.05) is 0 Å². The maximum Gasteiger partial charge on any atom is 0.136 e. The predicted octanol–water partition coefficient (Wildman–Crippen LogP) is 3.04. The molecule has 1 unspecified atom stereocenters. The molecule has 0 aromatic heterocycles. The van der Waals surface area contributed by atoms with E-state index in [0.29, 0.717) is 5.75 Å². The smallest absolute Gasteiger partial charge is 0.136 e. The number of nitrogens with zero attached hydrogens (tertiary/aromatic N) is 1. The Morgan fingerprint density at radius 1 is 1.11 bits per heavy atom. The molecule has 0 bridgehead atoms. The van der Waals surface area contributed by atoms with E-state index in [0.717, 1.165) is 17.4 Å². The van der Waals surface area contributed by atoms with Gasteiger partial charge in [0.05, 0.1) is 12.7 Å². The summed E-state index contributed by atoms with van der Waals surface area (Å²) in [4.78, 5) is 2.26. The third-order valence-corrected chi connectivity index (χ3v) is 4.60. The highest BCUT2D eigenvalue weighted by Crippen LogP contribution is 2.14. The van der Waals surface area contributed by atoms with Crippen molar-refractivity contribution in [2.45, 2.75) is 58.5 Å². The van der Waals surface area contributed by atoms with Crippen molar-refractivity contribution in [1.82, 2.24) is 4.90 Å². The number of aliphatic hydroxyl groups excluding tert-OH is 2. The van der Waals surface area contributed by atoms with E-state index >= 15 is 0 Å². The molecule has 1 atom stereocenters. The molecule has 19 heavy (non-hydrogen) atoms. The second kappa shape index (κ2) is 13.2. The largest absolute Gasteiger partial charge is 0.394 e. The molecule has 0 radical (unpaired) electrons. The molecule has 0 aromatic carbocycles. The van der Waals surface area contributed by atoms with Crippen LogP contribution in [-0.4, -0.2) is 51.0 Å². The molecule has 0 saturated heterocycles. The van der Waals surface area contributed by atoms with Crippen molar-refractivity contribution in [2.75, 3.05) is 25.4 Å². The number of hydrogen-bond donors (Lipinski definition) is 2. The van der Waals surface area contributed by atoms with Gasteiger partial charge in [-0.15, -0.1) is 0 Å². The van der Waals surface area contributed by atoms with Crippen LogP contribution in [0.4, 0.5) is 0 Å². The number of thiocarbonyl (C=S) groups is 1. The lowest BCUT2D eigenvalue weighted by molar-refractivity contribution is 0.114. The average molecular weight is 308 g/mol. The number of unbranched alkanes of at least 4 members (excludes halogenated alkanes) is 4. The average Bonchev–Trinajstić information content (AvgIpc) is 2.43. The molecule has 0 fully saturated rings. The predicted molar refractivity (Wildman–Crippen MR) is 88.8 cm³/mol. The zero-order valence-corrected chi connectivity index (χ0v) is 13.9. The SMILES string of the molecule is CCCCCN(CCCCC)C(=S)SCC(O)CO. The van der Waals surface area contributed by atoms with Crippen LogP contribution in [0.3, 0.4) is 0 Å². The highest BCUT2D eigenvalue weighted by Gasteiger charge is 2.11. The van der Waals surface area contributed by atoms with E-state index in [4.69, 9.17) is 17.3 Å². The number of thioether (sulfide) groups is 1. The van der Waals surface area contributed by atoms with Crippen molar-refractivity contribution in [1.29, 1.82) is 0 Å². The van der Waals surface area contributed by atoms with Gasteiger partial charge in [0.25, 0.3) is 0 Å². The van der Waals surface area contributed by atoms with Crippen LogP contribution < -0.4 is 0 Å². The molecule has 0 spiro atoms. The Labute approximate surface area is 127 Å². The Bertz CT molecular complexity index is 217. The first-order valence-corrected chi connectivity index (χ1v) is 8.75. The summed E-state index contributed by atoms with van der Waals surface area (Å²) in [5.74, 6) is 0.480. The highest BCUT2D eigenvalue weighted by atomic mass is 32.2. The fourth-order valence-electron chi connectivity index (χ4n) is 1.71. The summed E-state index contributed by atoms with van der Waals surface area (Å²) in [5.41, 5.74) is 0. The monoisotopic (exact) mass is 307 g/mol. The first-order valence-electron chi connectivity index (χ1n) is 7.36. The molecule has 0 aliphatic carbocycles. The number of hydrogen-bond acceptors (Lipinski definition) is 4. The van der Waals surface area contributed by atoms with Gasteiger partial charge in [0, 0.05) is 18.8 Å². The van der Waals surface area contributed by atoms with Gasteiger partial charge in [0.1, 0.15) is 4.32 Å². The van der Waals surface area contributed by atoms with Crippen LogP contribution in [0.15, 0.2) is 0 Å². The van der Waals surface area contributed by atoms with E-state index in [2.05, 4.69) is 18.7 Å². The Hall–Kier alpha value is 0.160. The maximum atomic E-state index is 9.37. The van der Waals surface area contributed by atoms with Crippen molar-refractivity contribution in [2.24, 2.45) is 0 Å². The summed E-state index contributed by atoms with van der Waals surface area (Å²) in [6.07, 6.45) is 6.57. The van der Waals surface area contributed by atoms with Crippen molar-refractivity contribution in [3.63, 3.8) is 0 Å². The van der Waals surface area contributed by atoms with Gasteiger partial charge >= 0.3 is 0 Å². The quantitative estimate of drug-likeness (QED) is 0.454. The Kier molecular flexibility index (Phi) is 13.3. The van der Waals surface area contributed by atoms with Crippen molar-refractivity contribution < 1.29 is 10.2 Å². The summed E-state index contributed by atoms with van der Waals surface area (Å²) < 4.78 is 0.861. The van der Waals surface area contributed by atoms with Crippen LogP contribution in [0, 0.1) is 0 Å². The first-order chi connectivity index (χ1) is 9.15. The first kappa shape index (κ1) is 19.2. The van der Waals surface area contributed by atoms with Crippen LogP contribution in [0.1, 0.15) is 52.4 Å². The maximum absolute atomic E-state index is 9.37. The van der Waals surface area contributed by atoms with Gasteiger partial charge in [0.2, 0.25) is 0 Å². The Morgan fingerprint density at radius 2 is 1.63 bits per heavy atom. The van der Waals surface area contributed by atoms with E-state index in [9.17, 15) is 5.11 Å². The van der Waals surface area contributed by atoms with Gasteiger partial charge in [-0.1, -0.05) is 63.5 Å². The molecule has 3 nitrogen and oxygen atoms in total. The lowest BCUT2D eigenvalue weighted by Crippen LogP contribution is -2.31. The Balaban J connectivity index is 4.08.